The van der Waals surface area contributed by atoms with Crippen molar-refractivity contribution in [3.05, 3.63) is 107 Å². The van der Waals surface area contributed by atoms with Gasteiger partial charge in [0.2, 0.25) is 0 Å². The number of amides is 1. The molecule has 0 spiro atoms. The predicted octanol–water partition coefficient (Wildman–Crippen LogP) is 4.02. The quantitative estimate of drug-likeness (QED) is 0.403. The van der Waals surface area contributed by atoms with Crippen LogP contribution in [0.15, 0.2) is 107 Å². The first-order valence-electron chi connectivity index (χ1n) is 10.2. The van der Waals surface area contributed by atoms with Gasteiger partial charge in [-0.3, -0.25) is 9.52 Å². The van der Waals surface area contributed by atoms with Crippen LogP contribution in [0.2, 0.25) is 0 Å². The van der Waals surface area contributed by atoms with Gasteiger partial charge in [0.1, 0.15) is 0 Å². The van der Waals surface area contributed by atoms with E-state index in [1.807, 2.05) is 11.4 Å². The van der Waals surface area contributed by atoms with Crippen LogP contribution in [-0.4, -0.2) is 28.9 Å². The highest BCUT2D eigenvalue weighted by atomic mass is 32.2. The monoisotopic (exact) mass is 487 g/mol. The zero-order chi connectivity index (χ0) is 23.5. The van der Waals surface area contributed by atoms with Crippen molar-refractivity contribution in [3.63, 3.8) is 0 Å². The Morgan fingerprint density at radius 2 is 1.53 bits per heavy atom. The van der Waals surface area contributed by atoms with E-state index in [0.29, 0.717) is 21.3 Å². The van der Waals surface area contributed by atoms with Gasteiger partial charge in [0.05, 0.1) is 26.2 Å². The number of carbonyl (C=O) groups excluding carboxylic acids is 1. The summed E-state index contributed by atoms with van der Waals surface area (Å²) >= 11 is 1.32. The largest absolute Gasteiger partial charge is 0.305 e. The number of sulfonamides is 1. The van der Waals surface area contributed by atoms with Crippen molar-refractivity contribution >= 4 is 44.1 Å². The Bertz CT molecular complexity index is 1640. The number of fused-ring (bicyclic) bond motifs is 1. The Balaban J connectivity index is 1.57. The minimum atomic E-state index is -3.89. The summed E-state index contributed by atoms with van der Waals surface area (Å²) in [6.07, 6.45) is 3.30. The van der Waals surface area contributed by atoms with Crippen LogP contribution in [0, 0.1) is 0 Å². The van der Waals surface area contributed by atoms with Gasteiger partial charge in [0.25, 0.3) is 15.9 Å². The average Bonchev–Trinajstić information content (AvgIpc) is 3.40. The van der Waals surface area contributed by atoms with E-state index in [2.05, 4.69) is 19.7 Å². The molecule has 1 amide bonds. The number of para-hydroxylation sites is 2. The normalized spacial score (nSPS) is 11.3. The summed E-state index contributed by atoms with van der Waals surface area (Å²) in [6, 6.07) is 22.1. The molecule has 0 unspecified atom stereocenters. The lowest BCUT2D eigenvalue weighted by Gasteiger charge is -2.14. The van der Waals surface area contributed by atoms with Crippen LogP contribution in [0.1, 0.15) is 9.67 Å². The van der Waals surface area contributed by atoms with E-state index in [1.54, 1.807) is 77.6 Å². The van der Waals surface area contributed by atoms with Crippen LogP contribution >= 0.6 is 11.3 Å². The lowest BCUT2D eigenvalue weighted by Crippen LogP contribution is -2.17. The molecule has 0 atom stereocenters. The first-order chi connectivity index (χ1) is 16.5. The molecule has 0 fully saturated rings. The Morgan fingerprint density at radius 3 is 2.21 bits per heavy atom. The minimum Gasteiger partial charge on any atom is -0.305 e. The molecule has 0 aliphatic rings. The molecule has 0 radical (unpaired) electrons. The second kappa shape index (κ2) is 9.00. The van der Waals surface area contributed by atoms with E-state index in [4.69, 9.17) is 0 Å². The van der Waals surface area contributed by atoms with Gasteiger partial charge in [-0.1, -0.05) is 36.4 Å². The molecule has 8 nitrogen and oxygen atoms in total. The highest BCUT2D eigenvalue weighted by Crippen LogP contribution is 2.23. The van der Waals surface area contributed by atoms with Crippen LogP contribution in [0.5, 0.6) is 0 Å². The van der Waals surface area contributed by atoms with Gasteiger partial charge in [0, 0.05) is 12.4 Å². The van der Waals surface area contributed by atoms with Crippen LogP contribution < -0.4 is 10.1 Å². The Kier molecular flexibility index (Phi) is 5.74. The summed E-state index contributed by atoms with van der Waals surface area (Å²) < 4.78 is 30.1. The van der Waals surface area contributed by atoms with Crippen LogP contribution in [-0.2, 0) is 10.0 Å². The number of benzene rings is 2. The fraction of sp³-hybridized carbons (Fsp3) is 0. The fourth-order valence-corrected chi connectivity index (χ4v) is 4.86. The number of pyridine rings is 1. The maximum Gasteiger partial charge on any atom is 0.287 e. The molecule has 0 saturated heterocycles. The molecule has 10 heteroatoms. The molecule has 3 aromatic heterocycles. The summed E-state index contributed by atoms with van der Waals surface area (Å²) in [7, 11) is -3.89. The number of thiophene rings is 1. The molecule has 0 aliphatic heterocycles. The molecule has 0 bridgehead atoms. The van der Waals surface area contributed by atoms with E-state index in [9.17, 15) is 13.2 Å². The van der Waals surface area contributed by atoms with Gasteiger partial charge in [-0.25, -0.2) is 23.4 Å². The third kappa shape index (κ3) is 4.49. The summed E-state index contributed by atoms with van der Waals surface area (Å²) in [5.74, 6) is 0.0378. The third-order valence-electron chi connectivity index (χ3n) is 4.86. The molecule has 168 valence electrons. The molecule has 3 heterocycles. The Morgan fingerprint density at radius 1 is 0.853 bits per heavy atom. The van der Waals surface area contributed by atoms with Crippen LogP contribution in [0.4, 0.5) is 5.82 Å². The molecule has 0 aliphatic carbocycles. The van der Waals surface area contributed by atoms with Crippen LogP contribution in [0.3, 0.4) is 0 Å². The number of carbonyl (C=O) groups is 1. The van der Waals surface area contributed by atoms with E-state index in [1.165, 1.54) is 23.5 Å². The van der Waals surface area contributed by atoms with E-state index in [-0.39, 0.29) is 22.4 Å². The van der Waals surface area contributed by atoms with Gasteiger partial charge < -0.3 is 4.57 Å². The molecule has 5 aromatic rings. The standard InChI is InChI=1S/C24H17N5O3S2/c30-24(21-11-6-16-33-21)25-17-12-14-29(15-13-17)23-22(26-19-9-4-5-10-20(19)27-23)28-34(31,32)18-7-2-1-3-8-18/h1-16H,(H,26,28). The van der Waals surface area contributed by atoms with Crippen molar-refractivity contribution < 1.29 is 13.2 Å². The molecule has 34 heavy (non-hydrogen) atoms. The molecular formula is C24H17N5O3S2. The second-order valence-corrected chi connectivity index (χ2v) is 9.79. The maximum absolute atomic E-state index is 13.0. The lowest BCUT2D eigenvalue weighted by atomic mass is 10.3. The maximum atomic E-state index is 13.0. The number of nitrogens with one attached hydrogen (secondary N) is 1. The zero-order valence-corrected chi connectivity index (χ0v) is 19.2. The smallest absolute Gasteiger partial charge is 0.287 e. The van der Waals surface area contributed by atoms with Crippen molar-refractivity contribution in [2.45, 2.75) is 4.90 Å². The topological polar surface area (TPSA) is 106 Å². The van der Waals surface area contributed by atoms with Gasteiger partial charge in [-0.2, -0.15) is 0 Å². The van der Waals surface area contributed by atoms with E-state index in [0.717, 1.165) is 0 Å². The average molecular weight is 488 g/mol. The highest BCUT2D eigenvalue weighted by molar-refractivity contribution is 7.92. The first kappa shape index (κ1) is 21.7. The SMILES string of the molecule is O=C(N=c1ccn(-c2nc3ccccc3nc2NS(=O)(=O)c2ccccc2)cc1)c1cccs1. The number of hydrogen-bond acceptors (Lipinski definition) is 6. The zero-order valence-electron chi connectivity index (χ0n) is 17.6. The molecule has 1 N–H and O–H groups in total. The summed E-state index contributed by atoms with van der Waals surface area (Å²) in [6.45, 7) is 0. The van der Waals surface area contributed by atoms with E-state index >= 15 is 0 Å². The van der Waals surface area contributed by atoms with Gasteiger partial charge in [-0.05, 0) is 47.8 Å². The summed E-state index contributed by atoms with van der Waals surface area (Å²) in [4.78, 5) is 26.2. The number of rotatable bonds is 5. The highest BCUT2D eigenvalue weighted by Gasteiger charge is 2.19. The van der Waals surface area contributed by atoms with Gasteiger partial charge >= 0.3 is 0 Å². The minimum absolute atomic E-state index is 0.0758. The molecule has 0 saturated carbocycles. The Labute approximate surface area is 199 Å². The van der Waals surface area contributed by atoms with Crippen molar-refractivity contribution in [3.8, 4) is 5.82 Å². The molecule has 2 aromatic carbocycles. The Hall–Kier alpha value is -4.15. The van der Waals surface area contributed by atoms with Gasteiger partial charge in [0.15, 0.2) is 11.6 Å². The number of nitrogens with zero attached hydrogens (tertiary/aromatic N) is 4. The number of aromatic nitrogens is 3. The number of anilines is 1. The van der Waals surface area contributed by atoms with Crippen molar-refractivity contribution in [2.75, 3.05) is 4.72 Å². The first-order valence-corrected chi connectivity index (χ1v) is 12.5. The van der Waals surface area contributed by atoms with Gasteiger partial charge in [-0.15, -0.1) is 11.3 Å². The van der Waals surface area contributed by atoms with E-state index < -0.39 is 10.0 Å². The predicted molar refractivity (Wildman–Crippen MR) is 130 cm³/mol. The second-order valence-electron chi connectivity index (χ2n) is 7.16. The third-order valence-corrected chi connectivity index (χ3v) is 7.07. The number of hydrogen-bond donors (Lipinski definition) is 1. The van der Waals surface area contributed by atoms with Crippen LogP contribution in [0.25, 0.3) is 16.9 Å². The van der Waals surface area contributed by atoms with Crippen molar-refractivity contribution in [1.82, 2.24) is 14.5 Å². The van der Waals surface area contributed by atoms with Crippen molar-refractivity contribution in [2.24, 2.45) is 4.99 Å². The lowest BCUT2D eigenvalue weighted by molar-refractivity contribution is 0.100. The molecule has 5 rings (SSSR count). The van der Waals surface area contributed by atoms with Crippen molar-refractivity contribution in [1.29, 1.82) is 0 Å². The summed E-state index contributed by atoms with van der Waals surface area (Å²) in [5, 5.41) is 2.29. The summed E-state index contributed by atoms with van der Waals surface area (Å²) in [5.41, 5.74) is 1.15. The fourth-order valence-electron chi connectivity index (χ4n) is 3.23. The molecular weight excluding hydrogens is 470 g/mol.